The van der Waals surface area contributed by atoms with E-state index >= 15 is 0 Å². The van der Waals surface area contributed by atoms with Gasteiger partial charge in [-0.15, -0.1) is 0 Å². The highest BCUT2D eigenvalue weighted by Crippen LogP contribution is 2.23. The number of carbonyl (C=O) groups excluding carboxylic acids is 2. The number of piperazine rings is 1. The van der Waals surface area contributed by atoms with Crippen molar-refractivity contribution in [2.75, 3.05) is 31.1 Å². The van der Waals surface area contributed by atoms with E-state index < -0.39 is 0 Å². The molecule has 0 unspecified atom stereocenters. The summed E-state index contributed by atoms with van der Waals surface area (Å²) >= 11 is 0. The van der Waals surface area contributed by atoms with Gasteiger partial charge in [0.15, 0.2) is 6.29 Å². The molecule has 1 amide bonds. The molecule has 1 aromatic carbocycles. The maximum absolute atomic E-state index is 10.7. The fourth-order valence-corrected chi connectivity index (χ4v) is 1.92. The maximum atomic E-state index is 10.7. The number of rotatable bonds is 3. The number of nitrogens with zero attached hydrogens (tertiary/aromatic N) is 2. The van der Waals surface area contributed by atoms with E-state index in [1.807, 2.05) is 0 Å². The molecule has 1 fully saturated rings. The Morgan fingerprint density at radius 1 is 1.12 bits per heavy atom. The Labute approximate surface area is 99.3 Å². The lowest BCUT2D eigenvalue weighted by Gasteiger charge is -2.34. The third-order valence-corrected chi connectivity index (χ3v) is 2.97. The minimum atomic E-state index is -0.00437. The SMILES string of the molecule is O=Cc1cc(N2CCN(C=O)CC2)ccc1O. The highest BCUT2D eigenvalue weighted by atomic mass is 16.3. The number of hydrogen-bond acceptors (Lipinski definition) is 4. The number of aromatic hydroxyl groups is 1. The van der Waals surface area contributed by atoms with Gasteiger partial charge in [-0.1, -0.05) is 0 Å². The van der Waals surface area contributed by atoms with Crippen molar-refractivity contribution in [3.05, 3.63) is 23.8 Å². The molecule has 1 heterocycles. The van der Waals surface area contributed by atoms with Crippen LogP contribution in [0.2, 0.25) is 0 Å². The number of anilines is 1. The Hall–Kier alpha value is -2.04. The minimum Gasteiger partial charge on any atom is -0.507 e. The molecular weight excluding hydrogens is 220 g/mol. The van der Waals surface area contributed by atoms with Crippen LogP contribution in [-0.2, 0) is 4.79 Å². The molecule has 0 spiro atoms. The molecule has 0 radical (unpaired) electrons. The summed E-state index contributed by atoms with van der Waals surface area (Å²) in [6, 6.07) is 4.96. The van der Waals surface area contributed by atoms with Crippen molar-refractivity contribution in [3.63, 3.8) is 0 Å². The molecule has 90 valence electrons. The second-order valence-corrected chi connectivity index (χ2v) is 3.99. The highest BCUT2D eigenvalue weighted by Gasteiger charge is 2.16. The molecule has 0 saturated carbocycles. The molecule has 0 atom stereocenters. The quantitative estimate of drug-likeness (QED) is 0.773. The fraction of sp³-hybridized carbons (Fsp3) is 0.333. The van der Waals surface area contributed by atoms with Gasteiger partial charge in [0.05, 0.1) is 5.56 Å². The van der Waals surface area contributed by atoms with Crippen molar-refractivity contribution in [1.29, 1.82) is 0 Å². The summed E-state index contributed by atoms with van der Waals surface area (Å²) in [5, 5.41) is 9.41. The number of hydrogen-bond donors (Lipinski definition) is 1. The first-order chi connectivity index (χ1) is 8.24. The third-order valence-electron chi connectivity index (χ3n) is 2.97. The average molecular weight is 234 g/mol. The van der Waals surface area contributed by atoms with Gasteiger partial charge in [-0.2, -0.15) is 0 Å². The van der Waals surface area contributed by atoms with Gasteiger partial charge in [0.25, 0.3) is 0 Å². The van der Waals surface area contributed by atoms with Gasteiger partial charge in [-0.25, -0.2) is 0 Å². The molecule has 1 aromatic rings. The standard InChI is InChI=1S/C12H14N2O3/c15-8-10-7-11(1-2-12(10)17)14-5-3-13(9-16)4-6-14/h1-2,7-9,17H,3-6H2. The monoisotopic (exact) mass is 234 g/mol. The van der Waals surface area contributed by atoms with Crippen molar-refractivity contribution in [2.24, 2.45) is 0 Å². The van der Waals surface area contributed by atoms with Crippen LogP contribution >= 0.6 is 0 Å². The Morgan fingerprint density at radius 3 is 2.41 bits per heavy atom. The van der Waals surface area contributed by atoms with Gasteiger partial charge in [0.1, 0.15) is 5.75 Å². The van der Waals surface area contributed by atoms with Crippen molar-refractivity contribution in [3.8, 4) is 5.75 Å². The zero-order valence-corrected chi connectivity index (χ0v) is 9.37. The van der Waals surface area contributed by atoms with Gasteiger partial charge in [-0.3, -0.25) is 9.59 Å². The second kappa shape index (κ2) is 4.86. The van der Waals surface area contributed by atoms with Crippen molar-refractivity contribution in [1.82, 2.24) is 4.90 Å². The molecule has 1 aliphatic rings. The van der Waals surface area contributed by atoms with E-state index in [2.05, 4.69) is 4.90 Å². The number of phenols is 1. The summed E-state index contributed by atoms with van der Waals surface area (Å²) < 4.78 is 0. The van der Waals surface area contributed by atoms with Crippen molar-refractivity contribution in [2.45, 2.75) is 0 Å². The molecule has 0 aliphatic carbocycles. The van der Waals surface area contributed by atoms with Gasteiger partial charge < -0.3 is 14.9 Å². The number of aldehydes is 1. The predicted octanol–water partition coefficient (Wildman–Crippen LogP) is 0.483. The van der Waals surface area contributed by atoms with E-state index in [-0.39, 0.29) is 5.75 Å². The number of benzene rings is 1. The van der Waals surface area contributed by atoms with Crippen LogP contribution < -0.4 is 4.90 Å². The first-order valence-electron chi connectivity index (χ1n) is 5.47. The van der Waals surface area contributed by atoms with E-state index in [4.69, 9.17) is 0 Å². The fourth-order valence-electron chi connectivity index (χ4n) is 1.92. The van der Waals surface area contributed by atoms with Gasteiger partial charge in [0.2, 0.25) is 6.41 Å². The van der Waals surface area contributed by atoms with Crippen LogP contribution in [0.15, 0.2) is 18.2 Å². The molecule has 5 nitrogen and oxygen atoms in total. The van der Waals surface area contributed by atoms with E-state index in [1.165, 1.54) is 6.07 Å². The first kappa shape index (κ1) is 11.4. The summed E-state index contributed by atoms with van der Waals surface area (Å²) in [4.78, 5) is 25.1. The molecule has 1 saturated heterocycles. The molecule has 0 bridgehead atoms. The van der Waals surface area contributed by atoms with Crippen LogP contribution in [0.25, 0.3) is 0 Å². The summed E-state index contributed by atoms with van der Waals surface area (Å²) in [7, 11) is 0. The Bertz CT molecular complexity index is 426. The first-order valence-corrected chi connectivity index (χ1v) is 5.47. The highest BCUT2D eigenvalue weighted by molar-refractivity contribution is 5.81. The van der Waals surface area contributed by atoms with Crippen molar-refractivity contribution >= 4 is 18.4 Å². The van der Waals surface area contributed by atoms with Gasteiger partial charge >= 0.3 is 0 Å². The lowest BCUT2D eigenvalue weighted by Crippen LogP contribution is -2.45. The van der Waals surface area contributed by atoms with Crippen LogP contribution in [0.3, 0.4) is 0 Å². The average Bonchev–Trinajstić information content (AvgIpc) is 2.39. The van der Waals surface area contributed by atoms with Gasteiger partial charge in [0, 0.05) is 31.9 Å². The smallest absolute Gasteiger partial charge is 0.209 e. The lowest BCUT2D eigenvalue weighted by atomic mass is 10.1. The summed E-state index contributed by atoms with van der Waals surface area (Å²) in [5.74, 6) is -0.00437. The lowest BCUT2D eigenvalue weighted by molar-refractivity contribution is -0.118. The van der Waals surface area contributed by atoms with Crippen LogP contribution in [-0.4, -0.2) is 48.9 Å². The molecule has 2 rings (SSSR count). The molecule has 17 heavy (non-hydrogen) atoms. The molecule has 1 aliphatic heterocycles. The van der Waals surface area contributed by atoms with E-state index in [0.29, 0.717) is 24.9 Å². The largest absolute Gasteiger partial charge is 0.507 e. The Kier molecular flexibility index (Phi) is 3.27. The molecule has 0 aromatic heterocycles. The summed E-state index contributed by atoms with van der Waals surface area (Å²) in [6.07, 6.45) is 1.49. The predicted molar refractivity (Wildman–Crippen MR) is 63.3 cm³/mol. The normalized spacial score (nSPS) is 15.8. The zero-order chi connectivity index (χ0) is 12.3. The minimum absolute atomic E-state index is 0.00437. The second-order valence-electron chi connectivity index (χ2n) is 3.99. The van der Waals surface area contributed by atoms with Crippen LogP contribution in [0.5, 0.6) is 5.75 Å². The van der Waals surface area contributed by atoms with Gasteiger partial charge in [-0.05, 0) is 18.2 Å². The molecular formula is C12H14N2O3. The van der Waals surface area contributed by atoms with Crippen LogP contribution in [0.1, 0.15) is 10.4 Å². The third kappa shape index (κ3) is 2.38. The number of phenolic OH excluding ortho intramolecular Hbond substituents is 1. The topological polar surface area (TPSA) is 60.9 Å². The maximum Gasteiger partial charge on any atom is 0.209 e. The van der Waals surface area contributed by atoms with Crippen molar-refractivity contribution < 1.29 is 14.7 Å². The summed E-state index contributed by atoms with van der Waals surface area (Å²) in [6.45, 7) is 2.84. The van der Waals surface area contributed by atoms with E-state index in [9.17, 15) is 14.7 Å². The Morgan fingerprint density at radius 2 is 1.82 bits per heavy atom. The number of carbonyl (C=O) groups is 2. The molecule has 5 heteroatoms. The Balaban J connectivity index is 2.13. The van der Waals surface area contributed by atoms with E-state index in [0.717, 1.165) is 25.2 Å². The summed E-state index contributed by atoms with van der Waals surface area (Å²) in [5.41, 5.74) is 1.19. The zero-order valence-electron chi connectivity index (χ0n) is 9.37. The number of amides is 1. The van der Waals surface area contributed by atoms with Crippen LogP contribution in [0.4, 0.5) is 5.69 Å². The molecule has 1 N–H and O–H groups in total. The van der Waals surface area contributed by atoms with E-state index in [1.54, 1.807) is 17.0 Å². The van der Waals surface area contributed by atoms with Crippen LogP contribution in [0, 0.1) is 0 Å².